The van der Waals surface area contributed by atoms with Crippen LogP contribution in [0.3, 0.4) is 0 Å². The fourth-order valence-electron chi connectivity index (χ4n) is 3.86. The number of amides is 2. The smallest absolute Gasteiger partial charge is 0.398 e. The fourth-order valence-corrected chi connectivity index (χ4v) is 5.92. The number of anilines is 1. The number of hydrogen-bond acceptors (Lipinski definition) is 8. The van der Waals surface area contributed by atoms with Crippen molar-refractivity contribution in [3.05, 3.63) is 24.1 Å². The zero-order chi connectivity index (χ0) is 24.5. The molecule has 0 spiro atoms. The molecule has 4 heterocycles. The minimum Gasteiger partial charge on any atom is -0.398 e. The van der Waals surface area contributed by atoms with Gasteiger partial charge in [-0.1, -0.05) is 23.7 Å². The number of alkyl halides is 3. The summed E-state index contributed by atoms with van der Waals surface area (Å²) in [5.41, 5.74) is 1.80. The molecule has 1 aromatic carbocycles. The molecule has 0 saturated carbocycles. The lowest BCUT2D eigenvalue weighted by atomic mass is 10.1. The predicted octanol–water partition coefficient (Wildman–Crippen LogP) is 4.99. The van der Waals surface area contributed by atoms with Crippen LogP contribution >= 0.6 is 23.1 Å². The summed E-state index contributed by atoms with van der Waals surface area (Å²) in [6.45, 7) is 4.39. The van der Waals surface area contributed by atoms with Crippen LogP contribution in [0.25, 0.3) is 20.8 Å². The molecule has 0 aliphatic carbocycles. The number of nitrogen functional groups attached to an aromatic ring is 1. The zero-order valence-corrected chi connectivity index (χ0v) is 20.2. The molecule has 2 fully saturated rings. The maximum atomic E-state index is 13.1. The minimum atomic E-state index is -4.49. The number of hydrogen-bond donors (Lipinski definition) is 3. The van der Waals surface area contributed by atoms with Crippen molar-refractivity contribution >= 4 is 44.9 Å². The molecule has 8 nitrogen and oxygen atoms in total. The van der Waals surface area contributed by atoms with Gasteiger partial charge in [-0.3, -0.25) is 0 Å². The Balaban J connectivity index is 0.000000336. The van der Waals surface area contributed by atoms with Crippen molar-refractivity contribution in [1.29, 1.82) is 0 Å². The highest BCUT2D eigenvalue weighted by atomic mass is 32.2. The minimum absolute atomic E-state index is 0.0192. The molecule has 5 rings (SSSR count). The largest absolute Gasteiger partial charge is 0.446 e. The number of likely N-dealkylation sites (tertiary alicyclic amines) is 1. The second-order valence-corrected chi connectivity index (χ2v) is 10.3. The normalized spacial score (nSPS) is 21.1. The Morgan fingerprint density at radius 1 is 1.24 bits per heavy atom. The number of thioether (sulfide) groups is 1. The van der Waals surface area contributed by atoms with E-state index in [-0.39, 0.29) is 45.3 Å². The molecule has 0 radical (unpaired) electrons. The van der Waals surface area contributed by atoms with Crippen LogP contribution in [0.5, 0.6) is 0 Å². The van der Waals surface area contributed by atoms with Crippen molar-refractivity contribution in [3.8, 4) is 10.7 Å². The number of rotatable bonds is 3. The summed E-state index contributed by atoms with van der Waals surface area (Å²) < 4.78 is 45.0. The van der Waals surface area contributed by atoms with Gasteiger partial charge in [0, 0.05) is 16.0 Å². The first-order chi connectivity index (χ1) is 16.1. The monoisotopic (exact) mass is 514 g/mol. The van der Waals surface area contributed by atoms with E-state index in [1.807, 2.05) is 0 Å². The molecule has 2 aliphatic heterocycles. The van der Waals surface area contributed by atoms with Crippen LogP contribution in [0.15, 0.2) is 27.6 Å². The number of nitrogens with zero attached hydrogens (tertiary/aromatic N) is 3. The van der Waals surface area contributed by atoms with Gasteiger partial charge < -0.3 is 25.8 Å². The van der Waals surface area contributed by atoms with Crippen LogP contribution < -0.4 is 16.4 Å². The predicted molar refractivity (Wildman–Crippen MR) is 127 cm³/mol. The molecule has 3 aromatic rings. The number of piperidine rings is 1. The summed E-state index contributed by atoms with van der Waals surface area (Å²) in [5, 5.41) is 9.48. The van der Waals surface area contributed by atoms with E-state index < -0.39 is 11.6 Å². The first-order valence-electron chi connectivity index (χ1n) is 10.8. The lowest BCUT2D eigenvalue weighted by Gasteiger charge is -2.20. The van der Waals surface area contributed by atoms with Crippen molar-refractivity contribution in [2.75, 3.05) is 25.9 Å². The highest BCUT2D eigenvalue weighted by Gasteiger charge is 2.36. The third kappa shape index (κ3) is 5.58. The maximum absolute atomic E-state index is 13.1. The number of thiophene rings is 1. The van der Waals surface area contributed by atoms with E-state index in [4.69, 9.17) is 10.3 Å². The van der Waals surface area contributed by atoms with Crippen LogP contribution in [0, 0.1) is 0 Å². The molecule has 0 bridgehead atoms. The van der Waals surface area contributed by atoms with E-state index in [1.54, 1.807) is 25.1 Å². The number of fused-ring (bicyclic) bond motifs is 1. The third-order valence-electron chi connectivity index (χ3n) is 5.55. The molecular weight excluding hydrogens is 489 g/mol. The molecule has 34 heavy (non-hydrogen) atoms. The third-order valence-corrected chi connectivity index (χ3v) is 7.79. The van der Waals surface area contributed by atoms with Crippen LogP contribution in [0.2, 0.25) is 0 Å². The Labute approximate surface area is 202 Å². The molecule has 2 unspecified atom stereocenters. The maximum Gasteiger partial charge on any atom is 0.446 e. The van der Waals surface area contributed by atoms with E-state index >= 15 is 0 Å². The first-order valence-corrected chi connectivity index (χ1v) is 12.4. The van der Waals surface area contributed by atoms with Gasteiger partial charge in [-0.15, -0.1) is 11.3 Å². The van der Waals surface area contributed by atoms with E-state index in [1.165, 1.54) is 32.4 Å². The van der Waals surface area contributed by atoms with E-state index in [2.05, 4.69) is 32.7 Å². The highest BCUT2D eigenvalue weighted by molar-refractivity contribution is 8.00. The van der Waals surface area contributed by atoms with Gasteiger partial charge in [0.25, 0.3) is 5.89 Å². The Morgan fingerprint density at radius 2 is 1.97 bits per heavy atom. The standard InChI is InChI=1S/C15H12F3N5O2S2.C6H13N/c1-5-8(21-14(24)20-5)13-22-12(23-25-13)11-10(27-15(16,17)18)6-3-2-4-7(19)9(6)26-11;1-7-5-3-2-4-6-7/h2-5,8H,19H2,1H3,(H2,20,21,24);2-6H2,1H3. The molecule has 2 saturated heterocycles. The van der Waals surface area contributed by atoms with E-state index in [0.717, 1.165) is 11.3 Å². The summed E-state index contributed by atoms with van der Waals surface area (Å²) in [4.78, 5) is 18.2. The molecular formula is C21H25F3N6O2S2. The number of halogens is 3. The van der Waals surface area contributed by atoms with Crippen LogP contribution in [0.4, 0.5) is 23.7 Å². The van der Waals surface area contributed by atoms with Gasteiger partial charge in [0.15, 0.2) is 0 Å². The number of aromatic nitrogens is 2. The van der Waals surface area contributed by atoms with Gasteiger partial charge in [-0.25, -0.2) is 4.79 Å². The molecule has 4 N–H and O–H groups in total. The van der Waals surface area contributed by atoms with Gasteiger partial charge >= 0.3 is 11.5 Å². The van der Waals surface area contributed by atoms with Crippen molar-refractivity contribution in [3.63, 3.8) is 0 Å². The van der Waals surface area contributed by atoms with Gasteiger partial charge in [-0.2, -0.15) is 18.2 Å². The van der Waals surface area contributed by atoms with Gasteiger partial charge in [0.1, 0.15) is 6.04 Å². The fraction of sp³-hybridized carbons (Fsp3) is 0.476. The lowest BCUT2D eigenvalue weighted by Crippen LogP contribution is -2.24. The quantitative estimate of drug-likeness (QED) is 0.334. The Bertz CT molecular complexity index is 1160. The number of carbonyl (C=O) groups is 1. The summed E-state index contributed by atoms with van der Waals surface area (Å²) in [7, 11) is 2.19. The molecule has 2 amide bonds. The lowest BCUT2D eigenvalue weighted by molar-refractivity contribution is -0.0327. The summed E-state index contributed by atoms with van der Waals surface area (Å²) >= 11 is 0.828. The van der Waals surface area contributed by atoms with Crippen molar-refractivity contribution in [1.82, 2.24) is 25.7 Å². The van der Waals surface area contributed by atoms with E-state index in [9.17, 15) is 18.0 Å². The average molecular weight is 515 g/mol. The highest BCUT2D eigenvalue weighted by Crippen LogP contribution is 2.50. The second kappa shape index (κ2) is 10.0. The molecule has 2 aliphatic rings. The number of carbonyl (C=O) groups excluding carboxylic acids is 1. The Hall–Kier alpha value is -2.51. The second-order valence-electron chi connectivity index (χ2n) is 8.24. The zero-order valence-electron chi connectivity index (χ0n) is 18.6. The van der Waals surface area contributed by atoms with Gasteiger partial charge in [0.05, 0.1) is 15.6 Å². The van der Waals surface area contributed by atoms with Crippen molar-refractivity contribution < 1.29 is 22.5 Å². The van der Waals surface area contributed by atoms with E-state index in [0.29, 0.717) is 15.8 Å². The number of benzene rings is 1. The van der Waals surface area contributed by atoms with Crippen LogP contribution in [-0.4, -0.2) is 52.8 Å². The Morgan fingerprint density at radius 3 is 2.56 bits per heavy atom. The number of nitrogens with two attached hydrogens (primary N) is 1. The van der Waals surface area contributed by atoms with Crippen molar-refractivity contribution in [2.24, 2.45) is 0 Å². The molecule has 2 atom stereocenters. The summed E-state index contributed by atoms with van der Waals surface area (Å²) in [6.07, 6.45) is 4.28. The van der Waals surface area contributed by atoms with Crippen LogP contribution in [0.1, 0.15) is 38.1 Å². The summed E-state index contributed by atoms with van der Waals surface area (Å²) in [5.74, 6) is 0.134. The molecule has 2 aromatic heterocycles. The SMILES string of the molecule is CC1NC(=O)NC1c1nc(-c2sc3c(N)cccc3c2SC(F)(F)F)no1.CN1CCCCC1. The molecule has 184 valence electrons. The van der Waals surface area contributed by atoms with Crippen molar-refractivity contribution in [2.45, 2.75) is 48.7 Å². The van der Waals surface area contributed by atoms with Crippen LogP contribution in [-0.2, 0) is 0 Å². The van der Waals surface area contributed by atoms with Gasteiger partial charge in [-0.05, 0) is 57.7 Å². The Kier molecular flexibility index (Phi) is 7.24. The topological polar surface area (TPSA) is 109 Å². The number of nitrogens with one attached hydrogen (secondary N) is 2. The number of urea groups is 1. The molecule has 13 heteroatoms. The van der Waals surface area contributed by atoms with Gasteiger partial charge in [0.2, 0.25) is 5.82 Å². The summed E-state index contributed by atoms with van der Waals surface area (Å²) in [6, 6.07) is 3.55. The average Bonchev–Trinajstić information content (AvgIpc) is 3.46. The first kappa shape index (κ1) is 24.6.